The number of halogens is 3. The fourth-order valence-corrected chi connectivity index (χ4v) is 1.59. The van der Waals surface area contributed by atoms with Crippen LogP contribution in [0, 0.1) is 0 Å². The standard InChI is InChI=1S/C11H7F3N2O2/c12-11(13,14)7-3-1-6(2-4-7)8-9(17)15-5-16-10(8)18/h1-5,8H,(H,15,16,17,18). The van der Waals surface area contributed by atoms with E-state index in [2.05, 4.69) is 10.3 Å². The van der Waals surface area contributed by atoms with Crippen LogP contribution < -0.4 is 5.32 Å². The van der Waals surface area contributed by atoms with Gasteiger partial charge in [-0.25, -0.2) is 4.99 Å². The lowest BCUT2D eigenvalue weighted by Gasteiger charge is -2.16. The first-order chi connectivity index (χ1) is 8.39. The Morgan fingerprint density at radius 1 is 1.11 bits per heavy atom. The number of carbonyl (C=O) groups is 2. The lowest BCUT2D eigenvalue weighted by molar-refractivity contribution is -0.137. The maximum absolute atomic E-state index is 12.3. The normalized spacial score (nSPS) is 19.8. The molecule has 7 heteroatoms. The third-order valence-corrected chi connectivity index (χ3v) is 2.48. The number of nitrogens with one attached hydrogen (secondary N) is 1. The summed E-state index contributed by atoms with van der Waals surface area (Å²) in [5.74, 6) is -2.48. The molecule has 18 heavy (non-hydrogen) atoms. The van der Waals surface area contributed by atoms with E-state index < -0.39 is 29.5 Å². The molecule has 0 aromatic heterocycles. The highest BCUT2D eigenvalue weighted by Crippen LogP contribution is 2.30. The molecule has 2 amide bonds. The van der Waals surface area contributed by atoms with E-state index in [1.165, 1.54) is 0 Å². The lowest BCUT2D eigenvalue weighted by Crippen LogP contribution is -2.36. The van der Waals surface area contributed by atoms with E-state index in [4.69, 9.17) is 0 Å². The highest BCUT2D eigenvalue weighted by Gasteiger charge is 2.33. The van der Waals surface area contributed by atoms with Gasteiger partial charge in [0.2, 0.25) is 5.91 Å². The van der Waals surface area contributed by atoms with Crippen LogP contribution in [-0.2, 0) is 15.8 Å². The van der Waals surface area contributed by atoms with Gasteiger partial charge in [0.05, 0.1) is 11.9 Å². The minimum atomic E-state index is -4.45. The monoisotopic (exact) mass is 256 g/mol. The Morgan fingerprint density at radius 3 is 2.22 bits per heavy atom. The zero-order valence-corrected chi connectivity index (χ0v) is 8.86. The molecule has 0 fully saturated rings. The summed E-state index contributed by atoms with van der Waals surface area (Å²) in [6, 6.07) is 3.86. The van der Waals surface area contributed by atoms with Gasteiger partial charge in [0.25, 0.3) is 5.91 Å². The molecule has 1 aromatic rings. The number of alkyl halides is 3. The highest BCUT2D eigenvalue weighted by molar-refractivity contribution is 6.14. The molecule has 0 aliphatic carbocycles. The van der Waals surface area contributed by atoms with Crippen molar-refractivity contribution in [2.75, 3.05) is 0 Å². The average Bonchev–Trinajstić information content (AvgIpc) is 2.28. The average molecular weight is 256 g/mol. The van der Waals surface area contributed by atoms with Crippen molar-refractivity contribution in [1.82, 2.24) is 5.32 Å². The molecule has 1 aliphatic rings. The van der Waals surface area contributed by atoms with Gasteiger partial charge in [0, 0.05) is 0 Å². The molecule has 1 aliphatic heterocycles. The second-order valence-corrected chi connectivity index (χ2v) is 3.66. The Hall–Kier alpha value is -2.18. The predicted molar refractivity (Wildman–Crippen MR) is 55.8 cm³/mol. The third-order valence-electron chi connectivity index (χ3n) is 2.48. The number of carbonyl (C=O) groups excluding carboxylic acids is 2. The fourth-order valence-electron chi connectivity index (χ4n) is 1.59. The smallest absolute Gasteiger partial charge is 0.316 e. The SMILES string of the molecule is O=C1N=CNC(=O)C1c1ccc(C(F)(F)F)cc1. The summed E-state index contributed by atoms with van der Waals surface area (Å²) in [6.07, 6.45) is -3.49. The van der Waals surface area contributed by atoms with Crippen molar-refractivity contribution >= 4 is 18.2 Å². The van der Waals surface area contributed by atoms with Crippen LogP contribution >= 0.6 is 0 Å². The van der Waals surface area contributed by atoms with Crippen molar-refractivity contribution in [2.45, 2.75) is 12.1 Å². The van der Waals surface area contributed by atoms with Crippen molar-refractivity contribution in [3.05, 3.63) is 35.4 Å². The van der Waals surface area contributed by atoms with Gasteiger partial charge in [0.1, 0.15) is 5.92 Å². The van der Waals surface area contributed by atoms with Gasteiger partial charge in [-0.2, -0.15) is 13.2 Å². The van der Waals surface area contributed by atoms with E-state index in [1.807, 2.05) is 0 Å². The number of benzene rings is 1. The molecule has 0 radical (unpaired) electrons. The van der Waals surface area contributed by atoms with Crippen LogP contribution in [0.3, 0.4) is 0 Å². The molecule has 1 unspecified atom stereocenters. The van der Waals surface area contributed by atoms with Crippen LogP contribution in [0.5, 0.6) is 0 Å². The molecular formula is C11H7F3N2O2. The number of hydrogen-bond acceptors (Lipinski definition) is 2. The first-order valence-corrected chi connectivity index (χ1v) is 4.93. The van der Waals surface area contributed by atoms with Gasteiger partial charge in [-0.1, -0.05) is 12.1 Å². The van der Waals surface area contributed by atoms with Crippen LogP contribution in [-0.4, -0.2) is 18.2 Å². The van der Waals surface area contributed by atoms with E-state index in [0.717, 1.165) is 30.6 Å². The van der Waals surface area contributed by atoms with Gasteiger partial charge in [-0.15, -0.1) is 0 Å². The Balaban J connectivity index is 2.32. The molecule has 0 spiro atoms. The fraction of sp³-hybridized carbons (Fsp3) is 0.182. The molecule has 0 saturated heterocycles. The van der Waals surface area contributed by atoms with E-state index in [9.17, 15) is 22.8 Å². The molecule has 2 rings (SSSR count). The van der Waals surface area contributed by atoms with Crippen molar-refractivity contribution in [2.24, 2.45) is 4.99 Å². The first-order valence-electron chi connectivity index (χ1n) is 4.93. The van der Waals surface area contributed by atoms with Gasteiger partial charge < -0.3 is 5.32 Å². The van der Waals surface area contributed by atoms with Gasteiger partial charge in [0.15, 0.2) is 0 Å². The minimum Gasteiger partial charge on any atom is -0.316 e. The summed E-state index contributed by atoms with van der Waals surface area (Å²) in [7, 11) is 0. The quantitative estimate of drug-likeness (QED) is 0.773. The zero-order chi connectivity index (χ0) is 13.3. The molecule has 4 nitrogen and oxygen atoms in total. The highest BCUT2D eigenvalue weighted by atomic mass is 19.4. The molecule has 1 N–H and O–H groups in total. The minimum absolute atomic E-state index is 0.183. The molecular weight excluding hydrogens is 249 g/mol. The summed E-state index contributed by atoms with van der Waals surface area (Å²) in [5, 5.41) is 2.23. The molecule has 1 atom stereocenters. The number of amides is 2. The van der Waals surface area contributed by atoms with Crippen molar-refractivity contribution in [3.8, 4) is 0 Å². The van der Waals surface area contributed by atoms with E-state index >= 15 is 0 Å². The second-order valence-electron chi connectivity index (χ2n) is 3.66. The number of rotatable bonds is 1. The Labute approximate surface area is 99.5 Å². The zero-order valence-electron chi connectivity index (χ0n) is 8.86. The van der Waals surface area contributed by atoms with E-state index in [0.29, 0.717) is 0 Å². The summed E-state index contributed by atoms with van der Waals surface area (Å²) < 4.78 is 37.0. The Morgan fingerprint density at radius 2 is 1.72 bits per heavy atom. The summed E-state index contributed by atoms with van der Waals surface area (Å²) in [6.45, 7) is 0. The summed E-state index contributed by atoms with van der Waals surface area (Å²) in [5.41, 5.74) is -0.652. The van der Waals surface area contributed by atoms with E-state index in [1.54, 1.807) is 0 Å². The molecule has 94 valence electrons. The van der Waals surface area contributed by atoms with Crippen LogP contribution in [0.25, 0.3) is 0 Å². The van der Waals surface area contributed by atoms with E-state index in [-0.39, 0.29) is 5.56 Å². The predicted octanol–water partition coefficient (Wildman–Crippen LogP) is 1.47. The van der Waals surface area contributed by atoms with Crippen LogP contribution in [0.2, 0.25) is 0 Å². The summed E-state index contributed by atoms with van der Waals surface area (Å²) >= 11 is 0. The van der Waals surface area contributed by atoms with Crippen LogP contribution in [0.15, 0.2) is 29.3 Å². The van der Waals surface area contributed by atoms with Gasteiger partial charge in [-0.05, 0) is 17.7 Å². The molecule has 1 aromatic carbocycles. The van der Waals surface area contributed by atoms with Gasteiger partial charge in [-0.3, -0.25) is 9.59 Å². The van der Waals surface area contributed by atoms with Gasteiger partial charge >= 0.3 is 6.18 Å². The summed E-state index contributed by atoms with van der Waals surface area (Å²) in [4.78, 5) is 26.2. The second kappa shape index (κ2) is 4.25. The maximum Gasteiger partial charge on any atom is 0.416 e. The molecule has 0 saturated carbocycles. The van der Waals surface area contributed by atoms with Crippen LogP contribution in [0.1, 0.15) is 17.0 Å². The van der Waals surface area contributed by atoms with Crippen molar-refractivity contribution in [3.63, 3.8) is 0 Å². The van der Waals surface area contributed by atoms with Crippen molar-refractivity contribution in [1.29, 1.82) is 0 Å². The Kier molecular flexibility index (Phi) is 2.90. The maximum atomic E-state index is 12.3. The molecule has 0 bridgehead atoms. The first kappa shape index (κ1) is 12.3. The Bertz CT molecular complexity index is 520. The van der Waals surface area contributed by atoms with Crippen molar-refractivity contribution < 1.29 is 22.8 Å². The number of aliphatic imine (C=N–C) groups is 1. The number of hydrogen-bond donors (Lipinski definition) is 1. The third kappa shape index (κ3) is 2.24. The topological polar surface area (TPSA) is 58.5 Å². The molecule has 1 heterocycles. The lowest BCUT2D eigenvalue weighted by atomic mass is 9.95. The number of nitrogens with zero attached hydrogens (tertiary/aromatic N) is 1. The largest absolute Gasteiger partial charge is 0.416 e. The van der Waals surface area contributed by atoms with Crippen LogP contribution in [0.4, 0.5) is 13.2 Å².